The van der Waals surface area contributed by atoms with Crippen molar-refractivity contribution < 1.29 is 19.8 Å². The summed E-state index contributed by atoms with van der Waals surface area (Å²) in [7, 11) is 0. The molecule has 1 amide bonds. The number of aliphatic hydroxyl groups excluding tert-OH is 1. The third-order valence-corrected chi connectivity index (χ3v) is 4.63. The maximum absolute atomic E-state index is 12.0. The van der Waals surface area contributed by atoms with E-state index in [1.165, 1.54) is 0 Å². The van der Waals surface area contributed by atoms with Gasteiger partial charge >= 0.3 is 5.97 Å². The van der Waals surface area contributed by atoms with Crippen LogP contribution in [0.4, 0.5) is 0 Å². The van der Waals surface area contributed by atoms with E-state index in [1.54, 1.807) is 13.0 Å². The van der Waals surface area contributed by atoms with Crippen molar-refractivity contribution in [3.05, 3.63) is 12.2 Å². The highest BCUT2D eigenvalue weighted by Gasteiger charge is 2.28. The molecule has 5 heteroatoms. The Morgan fingerprint density at radius 3 is 2.76 bits per heavy atom. The van der Waals surface area contributed by atoms with Crippen molar-refractivity contribution in [1.82, 2.24) is 4.90 Å². The number of unbranched alkanes of at least 4 members (excludes halogenated alkanes) is 3. The first-order valence-corrected chi connectivity index (χ1v) is 9.23. The van der Waals surface area contributed by atoms with Crippen molar-refractivity contribution in [1.29, 1.82) is 0 Å². The van der Waals surface area contributed by atoms with Gasteiger partial charge in [0.05, 0.1) is 12.1 Å². The molecule has 0 aromatic rings. The zero-order valence-electron chi connectivity index (χ0n) is 15.4. The van der Waals surface area contributed by atoms with E-state index in [2.05, 4.69) is 11.8 Å². The first kappa shape index (κ1) is 21.2. The second kappa shape index (κ2) is 11.7. The Bertz CT molecular complexity index is 518. The summed E-state index contributed by atoms with van der Waals surface area (Å²) in [5.74, 6) is 5.30. The Kier molecular flexibility index (Phi) is 9.94. The average molecular weight is 349 g/mol. The molecule has 1 aliphatic heterocycles. The monoisotopic (exact) mass is 349 g/mol. The zero-order valence-corrected chi connectivity index (χ0v) is 15.4. The minimum Gasteiger partial charge on any atom is -0.481 e. The number of carbonyl (C=O) groups excluding carboxylic acids is 1. The van der Waals surface area contributed by atoms with Crippen molar-refractivity contribution in [3.8, 4) is 11.8 Å². The molecule has 0 aromatic carbocycles. The Hall–Kier alpha value is -1.80. The molecule has 1 fully saturated rings. The number of carboxylic acids is 1. The summed E-state index contributed by atoms with van der Waals surface area (Å²) >= 11 is 0. The molecule has 25 heavy (non-hydrogen) atoms. The number of amides is 1. The third-order valence-electron chi connectivity index (χ3n) is 4.63. The summed E-state index contributed by atoms with van der Waals surface area (Å²) < 4.78 is 0. The molecule has 3 atom stereocenters. The van der Waals surface area contributed by atoms with Crippen LogP contribution in [0, 0.1) is 17.8 Å². The normalized spacial score (nSPS) is 19.7. The summed E-state index contributed by atoms with van der Waals surface area (Å²) in [5.41, 5.74) is 0. The molecule has 0 bridgehead atoms. The fourth-order valence-electron chi connectivity index (χ4n) is 2.97. The van der Waals surface area contributed by atoms with Crippen LogP contribution in [0.15, 0.2) is 12.2 Å². The minimum absolute atomic E-state index is 0.0608. The highest BCUT2D eigenvalue weighted by Crippen LogP contribution is 2.21. The summed E-state index contributed by atoms with van der Waals surface area (Å²) in [5, 5.41) is 18.8. The maximum atomic E-state index is 12.0. The van der Waals surface area contributed by atoms with E-state index >= 15 is 0 Å². The number of likely N-dealkylation sites (tertiary alicyclic amines) is 1. The maximum Gasteiger partial charge on any atom is 0.303 e. The molecule has 0 spiro atoms. The molecule has 5 nitrogen and oxygen atoms in total. The van der Waals surface area contributed by atoms with E-state index in [0.717, 1.165) is 25.7 Å². The van der Waals surface area contributed by atoms with Gasteiger partial charge in [-0.25, -0.2) is 0 Å². The quantitative estimate of drug-likeness (QED) is 0.341. The summed E-state index contributed by atoms with van der Waals surface area (Å²) in [4.78, 5) is 24.4. The van der Waals surface area contributed by atoms with Crippen LogP contribution in [0.25, 0.3) is 0 Å². The van der Waals surface area contributed by atoms with Crippen molar-refractivity contribution in [2.75, 3.05) is 6.54 Å². The van der Waals surface area contributed by atoms with E-state index in [4.69, 9.17) is 5.11 Å². The van der Waals surface area contributed by atoms with E-state index in [9.17, 15) is 14.7 Å². The van der Waals surface area contributed by atoms with Gasteiger partial charge in [-0.05, 0) is 32.1 Å². The molecule has 0 saturated carbocycles. The van der Waals surface area contributed by atoms with Gasteiger partial charge in [-0.2, -0.15) is 0 Å². The summed E-state index contributed by atoms with van der Waals surface area (Å²) in [6, 6.07) is 0.0608. The first-order valence-electron chi connectivity index (χ1n) is 9.23. The van der Waals surface area contributed by atoms with Crippen LogP contribution in [0.1, 0.15) is 65.2 Å². The Balaban J connectivity index is 2.39. The highest BCUT2D eigenvalue weighted by atomic mass is 16.4. The van der Waals surface area contributed by atoms with Gasteiger partial charge in [-0.3, -0.25) is 9.59 Å². The standard InChI is InChI=1S/C20H31NO4/c1-3-4-9-16(2)18(22)13-11-17-12-14-19(23)21(17)15-8-6-5-7-10-20(24)25/h11,13,16-18,22H,5-10,12,14-15H2,1-2H3,(H,24,25)/t16-,17+,18-/m1/s1. The number of hydrogen-bond donors (Lipinski definition) is 2. The molecule has 0 radical (unpaired) electrons. The first-order chi connectivity index (χ1) is 12.0. The summed E-state index contributed by atoms with van der Waals surface area (Å²) in [6.07, 6.45) is 8.82. The molecule has 2 N–H and O–H groups in total. The lowest BCUT2D eigenvalue weighted by Gasteiger charge is -2.23. The second-order valence-corrected chi connectivity index (χ2v) is 6.73. The van der Waals surface area contributed by atoms with Crippen molar-refractivity contribution in [2.24, 2.45) is 5.92 Å². The van der Waals surface area contributed by atoms with Crippen LogP contribution in [0.3, 0.4) is 0 Å². The molecule has 1 saturated heterocycles. The predicted octanol–water partition coefficient (Wildman–Crippen LogP) is 2.98. The number of nitrogens with zero attached hydrogens (tertiary/aromatic N) is 1. The van der Waals surface area contributed by atoms with Crippen LogP contribution < -0.4 is 0 Å². The predicted molar refractivity (Wildman–Crippen MR) is 97.8 cm³/mol. The molecular weight excluding hydrogens is 318 g/mol. The fraction of sp³-hybridized carbons (Fsp3) is 0.700. The lowest BCUT2D eigenvalue weighted by Crippen LogP contribution is -2.33. The van der Waals surface area contributed by atoms with Gasteiger partial charge in [0.1, 0.15) is 0 Å². The number of aliphatic carboxylic acids is 1. The van der Waals surface area contributed by atoms with Crippen molar-refractivity contribution in [3.63, 3.8) is 0 Å². The minimum atomic E-state index is -0.752. The van der Waals surface area contributed by atoms with Crippen molar-refractivity contribution >= 4 is 11.9 Å². The molecule has 140 valence electrons. The topological polar surface area (TPSA) is 77.8 Å². The van der Waals surface area contributed by atoms with Gasteiger partial charge in [-0.1, -0.05) is 31.9 Å². The second-order valence-electron chi connectivity index (χ2n) is 6.73. The van der Waals surface area contributed by atoms with Gasteiger partial charge in [0.25, 0.3) is 0 Å². The Morgan fingerprint density at radius 1 is 1.36 bits per heavy atom. The van der Waals surface area contributed by atoms with Gasteiger partial charge in [0, 0.05) is 25.8 Å². The number of carbonyl (C=O) groups is 2. The van der Waals surface area contributed by atoms with Gasteiger partial charge < -0.3 is 15.1 Å². The number of carboxylic acid groups (broad SMARTS) is 1. The highest BCUT2D eigenvalue weighted by molar-refractivity contribution is 5.79. The largest absolute Gasteiger partial charge is 0.481 e. The summed E-state index contributed by atoms with van der Waals surface area (Å²) in [6.45, 7) is 4.46. The zero-order chi connectivity index (χ0) is 18.7. The lowest BCUT2D eigenvalue weighted by molar-refractivity contribution is -0.137. The average Bonchev–Trinajstić information content (AvgIpc) is 2.93. The van der Waals surface area contributed by atoms with Crippen LogP contribution in [0.5, 0.6) is 0 Å². The van der Waals surface area contributed by atoms with Crippen LogP contribution >= 0.6 is 0 Å². The molecule has 1 aliphatic rings. The molecule has 0 unspecified atom stereocenters. The van der Waals surface area contributed by atoms with Gasteiger partial charge in [0.15, 0.2) is 0 Å². The van der Waals surface area contributed by atoms with Gasteiger partial charge in [0.2, 0.25) is 5.91 Å². The lowest BCUT2D eigenvalue weighted by atomic mass is 10.00. The van der Waals surface area contributed by atoms with Crippen LogP contribution in [0.2, 0.25) is 0 Å². The number of rotatable bonds is 11. The number of hydrogen-bond acceptors (Lipinski definition) is 3. The molecule has 0 aliphatic carbocycles. The van der Waals surface area contributed by atoms with Crippen LogP contribution in [-0.2, 0) is 9.59 Å². The Labute approximate surface area is 151 Å². The van der Waals surface area contributed by atoms with Crippen LogP contribution in [-0.4, -0.2) is 45.7 Å². The molecular formula is C20H31NO4. The molecule has 0 aromatic heterocycles. The van der Waals surface area contributed by atoms with E-state index in [1.807, 2.05) is 17.9 Å². The molecule has 1 heterocycles. The van der Waals surface area contributed by atoms with E-state index < -0.39 is 12.1 Å². The third kappa shape index (κ3) is 8.22. The smallest absolute Gasteiger partial charge is 0.303 e. The van der Waals surface area contributed by atoms with Crippen molar-refractivity contribution in [2.45, 2.75) is 77.4 Å². The molecule has 1 rings (SSSR count). The SMILES string of the molecule is CC#CC[C@@H](C)[C@H](O)C=C[C@H]1CCC(=O)N1CCCCCCC(=O)O. The van der Waals surface area contributed by atoms with Gasteiger partial charge in [-0.15, -0.1) is 11.8 Å². The fourth-order valence-corrected chi connectivity index (χ4v) is 2.97. The van der Waals surface area contributed by atoms with E-state index in [0.29, 0.717) is 25.8 Å². The van der Waals surface area contributed by atoms with E-state index in [-0.39, 0.29) is 24.3 Å². The Morgan fingerprint density at radius 2 is 2.08 bits per heavy atom. The number of aliphatic hydroxyl groups is 1.